The lowest BCUT2D eigenvalue weighted by Gasteiger charge is -2.21. The third-order valence-corrected chi connectivity index (χ3v) is 2.24. The van der Waals surface area contributed by atoms with Crippen LogP contribution in [0, 0.1) is 0 Å². The SMILES string of the molecule is CC(C(N)=O)N(C)CCCCCO. The molecule has 4 nitrogen and oxygen atoms in total. The number of primary amides is 1. The van der Waals surface area contributed by atoms with Gasteiger partial charge in [-0.25, -0.2) is 0 Å². The fraction of sp³-hybridized carbons (Fsp3) is 0.889. The van der Waals surface area contributed by atoms with Gasteiger partial charge in [-0.15, -0.1) is 0 Å². The number of rotatable bonds is 7. The van der Waals surface area contributed by atoms with Gasteiger partial charge >= 0.3 is 0 Å². The topological polar surface area (TPSA) is 66.6 Å². The number of hydrogen-bond donors (Lipinski definition) is 2. The van der Waals surface area contributed by atoms with Crippen LogP contribution < -0.4 is 5.73 Å². The van der Waals surface area contributed by atoms with Gasteiger partial charge in [0.2, 0.25) is 5.91 Å². The first kappa shape index (κ1) is 12.4. The molecule has 0 radical (unpaired) electrons. The summed E-state index contributed by atoms with van der Waals surface area (Å²) in [6.07, 6.45) is 2.82. The zero-order valence-electron chi connectivity index (χ0n) is 8.49. The predicted molar refractivity (Wildman–Crippen MR) is 52.2 cm³/mol. The van der Waals surface area contributed by atoms with Crippen LogP contribution in [0.15, 0.2) is 0 Å². The Bertz CT molecular complexity index is 151. The van der Waals surface area contributed by atoms with Crippen molar-refractivity contribution >= 4 is 5.91 Å². The molecular formula is C9H20N2O2. The zero-order chi connectivity index (χ0) is 10.3. The van der Waals surface area contributed by atoms with Gasteiger partial charge in [0.25, 0.3) is 0 Å². The number of aliphatic hydroxyl groups is 1. The van der Waals surface area contributed by atoms with Crippen LogP contribution in [0.4, 0.5) is 0 Å². The largest absolute Gasteiger partial charge is 0.396 e. The summed E-state index contributed by atoms with van der Waals surface area (Å²) < 4.78 is 0. The average molecular weight is 188 g/mol. The van der Waals surface area contributed by atoms with E-state index >= 15 is 0 Å². The molecule has 0 aliphatic carbocycles. The monoisotopic (exact) mass is 188 g/mol. The van der Waals surface area contributed by atoms with Gasteiger partial charge in [-0.1, -0.05) is 0 Å². The number of amides is 1. The average Bonchev–Trinajstić information content (AvgIpc) is 2.10. The molecule has 1 unspecified atom stereocenters. The third-order valence-electron chi connectivity index (χ3n) is 2.24. The highest BCUT2D eigenvalue weighted by Crippen LogP contribution is 2.00. The summed E-state index contributed by atoms with van der Waals surface area (Å²) in [7, 11) is 1.88. The molecule has 0 fully saturated rings. The number of carbonyl (C=O) groups excluding carboxylic acids is 1. The van der Waals surface area contributed by atoms with Gasteiger partial charge in [0, 0.05) is 6.61 Å². The van der Waals surface area contributed by atoms with E-state index in [0.717, 1.165) is 25.8 Å². The number of likely N-dealkylation sites (N-methyl/N-ethyl adjacent to an activating group) is 1. The van der Waals surface area contributed by atoms with E-state index in [4.69, 9.17) is 10.8 Å². The van der Waals surface area contributed by atoms with E-state index in [1.807, 2.05) is 11.9 Å². The quantitative estimate of drug-likeness (QED) is 0.551. The van der Waals surface area contributed by atoms with Crippen LogP contribution in [-0.4, -0.2) is 42.2 Å². The number of nitrogens with zero attached hydrogens (tertiary/aromatic N) is 1. The molecule has 0 aliphatic rings. The Morgan fingerprint density at radius 3 is 2.54 bits per heavy atom. The second-order valence-corrected chi connectivity index (χ2v) is 3.34. The van der Waals surface area contributed by atoms with Crippen LogP contribution >= 0.6 is 0 Å². The van der Waals surface area contributed by atoms with Crippen molar-refractivity contribution in [3.8, 4) is 0 Å². The van der Waals surface area contributed by atoms with E-state index in [2.05, 4.69) is 0 Å². The Hall–Kier alpha value is -0.610. The van der Waals surface area contributed by atoms with Gasteiger partial charge in [0.15, 0.2) is 0 Å². The van der Waals surface area contributed by atoms with Gasteiger partial charge < -0.3 is 10.8 Å². The number of aliphatic hydroxyl groups excluding tert-OH is 1. The fourth-order valence-corrected chi connectivity index (χ4v) is 1.06. The highest BCUT2D eigenvalue weighted by atomic mass is 16.2. The lowest BCUT2D eigenvalue weighted by Crippen LogP contribution is -2.40. The Labute approximate surface area is 79.7 Å². The van der Waals surface area contributed by atoms with E-state index in [9.17, 15) is 4.79 Å². The minimum Gasteiger partial charge on any atom is -0.396 e. The highest BCUT2D eigenvalue weighted by molar-refractivity contribution is 5.79. The molecule has 0 saturated heterocycles. The van der Waals surface area contributed by atoms with Crippen molar-refractivity contribution in [3.63, 3.8) is 0 Å². The van der Waals surface area contributed by atoms with Crippen molar-refractivity contribution in [2.75, 3.05) is 20.2 Å². The predicted octanol–water partition coefficient (Wildman–Crippen LogP) is -0.0454. The first-order valence-electron chi connectivity index (χ1n) is 4.70. The van der Waals surface area contributed by atoms with Crippen molar-refractivity contribution in [1.82, 2.24) is 4.90 Å². The lowest BCUT2D eigenvalue weighted by molar-refractivity contribution is -0.122. The highest BCUT2D eigenvalue weighted by Gasteiger charge is 2.13. The van der Waals surface area contributed by atoms with Crippen molar-refractivity contribution < 1.29 is 9.90 Å². The summed E-state index contributed by atoms with van der Waals surface area (Å²) in [5.74, 6) is -0.287. The lowest BCUT2D eigenvalue weighted by atomic mass is 10.2. The van der Waals surface area contributed by atoms with Crippen LogP contribution in [0.25, 0.3) is 0 Å². The Morgan fingerprint density at radius 2 is 2.08 bits per heavy atom. The molecule has 4 heteroatoms. The van der Waals surface area contributed by atoms with Crippen LogP contribution in [0.5, 0.6) is 0 Å². The molecule has 1 atom stereocenters. The molecule has 78 valence electrons. The summed E-state index contributed by atoms with van der Waals surface area (Å²) in [5.41, 5.74) is 5.15. The minimum absolute atomic E-state index is 0.200. The van der Waals surface area contributed by atoms with Crippen LogP contribution in [-0.2, 0) is 4.79 Å². The molecule has 3 N–H and O–H groups in total. The molecule has 0 aromatic heterocycles. The van der Waals surface area contributed by atoms with Crippen LogP contribution in [0.3, 0.4) is 0 Å². The molecule has 13 heavy (non-hydrogen) atoms. The van der Waals surface area contributed by atoms with E-state index in [-0.39, 0.29) is 18.6 Å². The Balaban J connectivity index is 3.50. The smallest absolute Gasteiger partial charge is 0.234 e. The molecular weight excluding hydrogens is 168 g/mol. The maximum absolute atomic E-state index is 10.8. The molecule has 0 rings (SSSR count). The fourth-order valence-electron chi connectivity index (χ4n) is 1.06. The van der Waals surface area contributed by atoms with E-state index in [1.165, 1.54) is 0 Å². The zero-order valence-corrected chi connectivity index (χ0v) is 8.49. The van der Waals surface area contributed by atoms with Crippen molar-refractivity contribution in [2.45, 2.75) is 32.2 Å². The van der Waals surface area contributed by atoms with Gasteiger partial charge in [0.05, 0.1) is 6.04 Å². The Morgan fingerprint density at radius 1 is 1.46 bits per heavy atom. The molecule has 0 aliphatic heterocycles. The minimum atomic E-state index is -0.287. The van der Waals surface area contributed by atoms with Crippen molar-refractivity contribution in [1.29, 1.82) is 0 Å². The molecule has 0 bridgehead atoms. The van der Waals surface area contributed by atoms with E-state index in [0.29, 0.717) is 0 Å². The summed E-state index contributed by atoms with van der Waals surface area (Å²) >= 11 is 0. The van der Waals surface area contributed by atoms with Crippen molar-refractivity contribution in [3.05, 3.63) is 0 Å². The molecule has 0 aromatic rings. The number of carbonyl (C=O) groups is 1. The Kier molecular flexibility index (Phi) is 6.54. The molecule has 0 aromatic carbocycles. The number of hydrogen-bond acceptors (Lipinski definition) is 3. The van der Waals surface area contributed by atoms with Crippen LogP contribution in [0.1, 0.15) is 26.2 Å². The summed E-state index contributed by atoms with van der Waals surface area (Å²) in [6, 6.07) is -0.200. The normalized spacial score (nSPS) is 13.2. The number of nitrogens with two attached hydrogens (primary N) is 1. The van der Waals surface area contributed by atoms with Gasteiger partial charge in [0.1, 0.15) is 0 Å². The van der Waals surface area contributed by atoms with Crippen LogP contribution in [0.2, 0.25) is 0 Å². The third kappa shape index (κ3) is 5.60. The summed E-state index contributed by atoms with van der Waals surface area (Å²) in [6.45, 7) is 2.90. The maximum Gasteiger partial charge on any atom is 0.234 e. The first-order valence-corrected chi connectivity index (χ1v) is 4.70. The second kappa shape index (κ2) is 6.86. The van der Waals surface area contributed by atoms with E-state index < -0.39 is 0 Å². The summed E-state index contributed by atoms with van der Waals surface area (Å²) in [5, 5.41) is 8.54. The first-order chi connectivity index (χ1) is 6.09. The van der Waals surface area contributed by atoms with Crippen molar-refractivity contribution in [2.24, 2.45) is 5.73 Å². The molecule has 0 saturated carbocycles. The maximum atomic E-state index is 10.8. The molecule has 1 amide bonds. The second-order valence-electron chi connectivity index (χ2n) is 3.34. The van der Waals surface area contributed by atoms with E-state index in [1.54, 1.807) is 6.92 Å². The standard InChI is InChI=1S/C9H20N2O2/c1-8(9(10)13)11(2)6-4-3-5-7-12/h8,12H,3-7H2,1-2H3,(H2,10,13). The van der Waals surface area contributed by atoms with Gasteiger partial charge in [-0.2, -0.15) is 0 Å². The van der Waals surface area contributed by atoms with Gasteiger partial charge in [-0.05, 0) is 39.8 Å². The summed E-state index contributed by atoms with van der Waals surface area (Å²) in [4.78, 5) is 12.7. The molecule has 0 spiro atoms. The number of unbranched alkanes of at least 4 members (excludes halogenated alkanes) is 2. The molecule has 0 heterocycles. The van der Waals surface area contributed by atoms with Gasteiger partial charge in [-0.3, -0.25) is 9.69 Å².